The van der Waals surface area contributed by atoms with Crippen molar-refractivity contribution in [2.45, 2.75) is 13.0 Å². The third-order valence-electron chi connectivity index (χ3n) is 3.45. The molecule has 3 aromatic rings. The van der Waals surface area contributed by atoms with Crippen molar-refractivity contribution in [3.8, 4) is 5.69 Å². The van der Waals surface area contributed by atoms with Crippen molar-refractivity contribution >= 4 is 0 Å². The molecule has 0 amide bonds. The highest BCUT2D eigenvalue weighted by Crippen LogP contribution is 2.23. The fourth-order valence-electron chi connectivity index (χ4n) is 2.17. The number of aliphatic hydroxyl groups is 1. The van der Waals surface area contributed by atoms with Gasteiger partial charge in [-0.1, -0.05) is 30.3 Å². The molecule has 0 aliphatic rings. The lowest BCUT2D eigenvalue weighted by atomic mass is 10.0. The van der Waals surface area contributed by atoms with E-state index in [2.05, 4.69) is 5.10 Å². The Kier molecular flexibility index (Phi) is 3.54. The highest BCUT2D eigenvalue weighted by molar-refractivity contribution is 5.34. The highest BCUT2D eigenvalue weighted by atomic mass is 19.1. The molecular formula is C17H15FN2O. The van der Waals surface area contributed by atoms with Gasteiger partial charge in [0, 0.05) is 11.8 Å². The van der Waals surface area contributed by atoms with Gasteiger partial charge in [0.15, 0.2) is 0 Å². The Balaban J connectivity index is 1.90. The van der Waals surface area contributed by atoms with E-state index in [0.717, 1.165) is 5.69 Å². The molecule has 0 radical (unpaired) electrons. The summed E-state index contributed by atoms with van der Waals surface area (Å²) < 4.78 is 15.3. The Morgan fingerprint density at radius 1 is 1.10 bits per heavy atom. The zero-order valence-electron chi connectivity index (χ0n) is 11.6. The molecule has 106 valence electrons. The number of hydrogen-bond acceptors (Lipinski definition) is 2. The average Bonchev–Trinajstić information content (AvgIpc) is 3.00. The van der Waals surface area contributed by atoms with Crippen LogP contribution in [0.3, 0.4) is 0 Å². The first-order chi connectivity index (χ1) is 10.1. The fourth-order valence-corrected chi connectivity index (χ4v) is 2.17. The first-order valence-corrected chi connectivity index (χ1v) is 6.69. The Hall–Kier alpha value is -2.46. The molecule has 0 saturated heterocycles. The van der Waals surface area contributed by atoms with Gasteiger partial charge in [-0.05, 0) is 36.2 Å². The zero-order chi connectivity index (χ0) is 14.8. The van der Waals surface area contributed by atoms with E-state index in [1.54, 1.807) is 36.1 Å². The van der Waals surface area contributed by atoms with Crippen molar-refractivity contribution in [2.24, 2.45) is 0 Å². The zero-order valence-corrected chi connectivity index (χ0v) is 11.6. The van der Waals surface area contributed by atoms with Crippen LogP contribution in [0.25, 0.3) is 5.69 Å². The number of hydrogen-bond donors (Lipinski definition) is 1. The molecule has 0 bridgehead atoms. The minimum atomic E-state index is -0.891. The van der Waals surface area contributed by atoms with Crippen LogP contribution in [0.15, 0.2) is 60.9 Å². The van der Waals surface area contributed by atoms with E-state index in [9.17, 15) is 9.50 Å². The molecule has 0 spiro atoms. The maximum atomic E-state index is 13.6. The SMILES string of the molecule is Cc1ccc(C(O)c2cnn(-c3ccccc3)c2)cc1F. The molecule has 1 aromatic heterocycles. The summed E-state index contributed by atoms with van der Waals surface area (Å²) in [5.74, 6) is -0.318. The molecule has 4 heteroatoms. The predicted molar refractivity (Wildman–Crippen MR) is 78.8 cm³/mol. The second-order valence-electron chi connectivity index (χ2n) is 4.96. The van der Waals surface area contributed by atoms with Crippen molar-refractivity contribution in [1.82, 2.24) is 9.78 Å². The minimum Gasteiger partial charge on any atom is -0.384 e. The Labute approximate surface area is 122 Å². The first kappa shape index (κ1) is 13.5. The van der Waals surface area contributed by atoms with E-state index in [1.807, 2.05) is 30.3 Å². The lowest BCUT2D eigenvalue weighted by Crippen LogP contribution is -2.00. The molecule has 1 unspecified atom stereocenters. The second kappa shape index (κ2) is 5.50. The molecule has 0 aliphatic heterocycles. The van der Waals surface area contributed by atoms with Gasteiger partial charge in [0.25, 0.3) is 0 Å². The Bertz CT molecular complexity index is 752. The fraction of sp³-hybridized carbons (Fsp3) is 0.118. The summed E-state index contributed by atoms with van der Waals surface area (Å²) in [6, 6.07) is 14.4. The molecule has 1 heterocycles. The summed E-state index contributed by atoms with van der Waals surface area (Å²) in [4.78, 5) is 0. The van der Waals surface area contributed by atoms with Crippen molar-refractivity contribution in [3.63, 3.8) is 0 Å². The van der Waals surface area contributed by atoms with Crippen molar-refractivity contribution in [1.29, 1.82) is 0 Å². The van der Waals surface area contributed by atoms with Crippen LogP contribution in [-0.4, -0.2) is 14.9 Å². The number of aliphatic hydroxyl groups excluding tert-OH is 1. The van der Waals surface area contributed by atoms with Crippen molar-refractivity contribution < 1.29 is 9.50 Å². The number of benzene rings is 2. The van der Waals surface area contributed by atoms with Gasteiger partial charge < -0.3 is 5.11 Å². The highest BCUT2D eigenvalue weighted by Gasteiger charge is 2.14. The number of nitrogens with zero attached hydrogens (tertiary/aromatic N) is 2. The Morgan fingerprint density at radius 2 is 1.86 bits per heavy atom. The molecule has 1 N–H and O–H groups in total. The van der Waals surface area contributed by atoms with Gasteiger partial charge in [0.1, 0.15) is 11.9 Å². The van der Waals surface area contributed by atoms with E-state index in [0.29, 0.717) is 16.7 Å². The first-order valence-electron chi connectivity index (χ1n) is 6.69. The molecular weight excluding hydrogens is 267 g/mol. The monoisotopic (exact) mass is 282 g/mol. The van der Waals surface area contributed by atoms with E-state index in [1.165, 1.54) is 6.07 Å². The van der Waals surface area contributed by atoms with Gasteiger partial charge in [-0.2, -0.15) is 5.10 Å². The van der Waals surface area contributed by atoms with E-state index >= 15 is 0 Å². The summed E-state index contributed by atoms with van der Waals surface area (Å²) in [5, 5.41) is 14.6. The maximum absolute atomic E-state index is 13.6. The van der Waals surface area contributed by atoms with E-state index < -0.39 is 6.10 Å². The molecule has 0 saturated carbocycles. The molecule has 3 nitrogen and oxygen atoms in total. The smallest absolute Gasteiger partial charge is 0.126 e. The summed E-state index contributed by atoms with van der Waals surface area (Å²) in [7, 11) is 0. The number of aromatic nitrogens is 2. The molecule has 2 aromatic carbocycles. The summed E-state index contributed by atoms with van der Waals surface area (Å²) in [6.45, 7) is 1.69. The van der Waals surface area contributed by atoms with Gasteiger partial charge in [0.05, 0.1) is 11.9 Å². The van der Waals surface area contributed by atoms with Crippen LogP contribution in [0.4, 0.5) is 4.39 Å². The van der Waals surface area contributed by atoms with E-state index in [4.69, 9.17) is 0 Å². The standard InChI is InChI=1S/C17H15FN2O/c1-12-7-8-13(9-16(12)18)17(21)14-10-19-20(11-14)15-5-3-2-4-6-15/h2-11,17,21H,1H3. The van der Waals surface area contributed by atoms with Crippen LogP contribution in [-0.2, 0) is 0 Å². The lowest BCUT2D eigenvalue weighted by molar-refractivity contribution is 0.219. The van der Waals surface area contributed by atoms with Crippen LogP contribution < -0.4 is 0 Å². The van der Waals surface area contributed by atoms with Gasteiger partial charge >= 0.3 is 0 Å². The largest absolute Gasteiger partial charge is 0.384 e. The third kappa shape index (κ3) is 2.71. The van der Waals surface area contributed by atoms with Crippen molar-refractivity contribution in [2.75, 3.05) is 0 Å². The van der Waals surface area contributed by atoms with Crippen LogP contribution in [0, 0.1) is 12.7 Å². The molecule has 0 fully saturated rings. The van der Waals surface area contributed by atoms with Crippen LogP contribution in [0.5, 0.6) is 0 Å². The molecule has 3 rings (SSSR count). The van der Waals surface area contributed by atoms with Gasteiger partial charge in [-0.15, -0.1) is 0 Å². The minimum absolute atomic E-state index is 0.318. The summed E-state index contributed by atoms with van der Waals surface area (Å²) in [6.07, 6.45) is 2.45. The topological polar surface area (TPSA) is 38.1 Å². The predicted octanol–water partition coefficient (Wildman–Crippen LogP) is 3.40. The second-order valence-corrected chi connectivity index (χ2v) is 4.96. The number of para-hydroxylation sites is 1. The molecule has 1 atom stereocenters. The van der Waals surface area contributed by atoms with Gasteiger partial charge in [-0.25, -0.2) is 9.07 Å². The van der Waals surface area contributed by atoms with Crippen LogP contribution in [0.1, 0.15) is 22.8 Å². The lowest BCUT2D eigenvalue weighted by Gasteiger charge is -2.09. The maximum Gasteiger partial charge on any atom is 0.126 e. The summed E-state index contributed by atoms with van der Waals surface area (Å²) in [5.41, 5.74) is 2.62. The van der Waals surface area contributed by atoms with Crippen molar-refractivity contribution in [3.05, 3.63) is 83.4 Å². The van der Waals surface area contributed by atoms with Crippen LogP contribution in [0.2, 0.25) is 0 Å². The quantitative estimate of drug-likeness (QED) is 0.799. The van der Waals surface area contributed by atoms with Gasteiger partial charge in [-0.3, -0.25) is 0 Å². The van der Waals surface area contributed by atoms with E-state index in [-0.39, 0.29) is 5.82 Å². The number of halogens is 1. The third-order valence-corrected chi connectivity index (χ3v) is 3.45. The van der Waals surface area contributed by atoms with Gasteiger partial charge in [0.2, 0.25) is 0 Å². The average molecular weight is 282 g/mol. The summed E-state index contributed by atoms with van der Waals surface area (Å²) >= 11 is 0. The normalized spacial score (nSPS) is 12.3. The number of aryl methyl sites for hydroxylation is 1. The molecule has 21 heavy (non-hydrogen) atoms. The number of rotatable bonds is 3. The molecule has 0 aliphatic carbocycles. The van der Waals surface area contributed by atoms with Crippen LogP contribution >= 0.6 is 0 Å². The Morgan fingerprint density at radius 3 is 2.57 bits per heavy atom.